The Labute approximate surface area is 124 Å². The van der Waals surface area contributed by atoms with Crippen LogP contribution in [0.1, 0.15) is 21.9 Å². The molecular formula is C14H13F2NO3S. The summed E-state index contributed by atoms with van der Waals surface area (Å²) in [5, 5.41) is 11.9. The van der Waals surface area contributed by atoms with E-state index in [1.165, 1.54) is 6.07 Å². The van der Waals surface area contributed by atoms with Crippen molar-refractivity contribution in [2.75, 3.05) is 5.32 Å². The predicted octanol–water partition coefficient (Wildman–Crippen LogP) is 4.21. The van der Waals surface area contributed by atoms with Gasteiger partial charge in [0.25, 0.3) is 5.76 Å². The van der Waals surface area contributed by atoms with E-state index in [1.807, 2.05) is 0 Å². The highest BCUT2D eigenvalue weighted by Gasteiger charge is 2.14. The SMILES string of the molecule is Cc1oc(CNc2ccccc2SC(F)F)cc1C(=O)O. The first-order valence-electron chi connectivity index (χ1n) is 6.07. The number of rotatable bonds is 6. The quantitative estimate of drug-likeness (QED) is 0.782. The summed E-state index contributed by atoms with van der Waals surface area (Å²) in [5.74, 6) is -2.81. The number of anilines is 1. The topological polar surface area (TPSA) is 62.5 Å². The van der Waals surface area contributed by atoms with Crippen molar-refractivity contribution in [1.29, 1.82) is 0 Å². The Morgan fingerprint density at radius 3 is 2.76 bits per heavy atom. The van der Waals surface area contributed by atoms with E-state index in [9.17, 15) is 13.6 Å². The van der Waals surface area contributed by atoms with Crippen molar-refractivity contribution < 1.29 is 23.1 Å². The van der Waals surface area contributed by atoms with Crippen molar-refractivity contribution in [3.05, 3.63) is 47.4 Å². The lowest BCUT2D eigenvalue weighted by atomic mass is 10.2. The van der Waals surface area contributed by atoms with E-state index >= 15 is 0 Å². The molecule has 0 radical (unpaired) electrons. The van der Waals surface area contributed by atoms with Gasteiger partial charge in [0.15, 0.2) is 0 Å². The van der Waals surface area contributed by atoms with Crippen molar-refractivity contribution in [2.24, 2.45) is 0 Å². The van der Waals surface area contributed by atoms with Crippen molar-refractivity contribution in [3.63, 3.8) is 0 Å². The molecule has 1 aromatic heterocycles. The Hall–Kier alpha value is -2.02. The maximum atomic E-state index is 12.5. The number of benzene rings is 1. The molecule has 112 valence electrons. The maximum absolute atomic E-state index is 12.5. The zero-order valence-electron chi connectivity index (χ0n) is 11.1. The molecule has 0 saturated heterocycles. The third-order valence-corrected chi connectivity index (χ3v) is 3.54. The summed E-state index contributed by atoms with van der Waals surface area (Å²) in [4.78, 5) is 11.3. The summed E-state index contributed by atoms with van der Waals surface area (Å²) in [5.41, 5.74) is 0.649. The lowest BCUT2D eigenvalue weighted by Gasteiger charge is -2.10. The van der Waals surface area contributed by atoms with Crippen LogP contribution in [0.4, 0.5) is 14.5 Å². The molecule has 1 heterocycles. The average Bonchev–Trinajstić information content (AvgIpc) is 2.78. The molecule has 0 unspecified atom stereocenters. The summed E-state index contributed by atoms with van der Waals surface area (Å²) in [7, 11) is 0. The van der Waals surface area contributed by atoms with Crippen LogP contribution >= 0.6 is 11.8 Å². The minimum Gasteiger partial charge on any atom is -0.478 e. The van der Waals surface area contributed by atoms with E-state index in [2.05, 4.69) is 5.32 Å². The van der Waals surface area contributed by atoms with Crippen LogP contribution in [0.5, 0.6) is 0 Å². The number of carboxylic acid groups (broad SMARTS) is 1. The van der Waals surface area contributed by atoms with Crippen LogP contribution in [-0.2, 0) is 6.54 Å². The minimum absolute atomic E-state index is 0.0991. The number of alkyl halides is 2. The fraction of sp³-hybridized carbons (Fsp3) is 0.214. The van der Waals surface area contributed by atoms with Crippen molar-refractivity contribution in [3.8, 4) is 0 Å². The van der Waals surface area contributed by atoms with Gasteiger partial charge >= 0.3 is 5.97 Å². The number of aromatic carboxylic acids is 1. The number of carbonyl (C=O) groups is 1. The molecule has 1 aromatic carbocycles. The summed E-state index contributed by atoms with van der Waals surface area (Å²) in [6, 6.07) is 8.10. The molecule has 2 N–H and O–H groups in total. The van der Waals surface area contributed by atoms with Gasteiger partial charge < -0.3 is 14.8 Å². The highest BCUT2D eigenvalue weighted by molar-refractivity contribution is 7.99. The van der Waals surface area contributed by atoms with Gasteiger partial charge in [-0.3, -0.25) is 0 Å². The number of carboxylic acids is 1. The monoisotopic (exact) mass is 313 g/mol. The smallest absolute Gasteiger partial charge is 0.339 e. The molecule has 0 spiro atoms. The molecule has 4 nitrogen and oxygen atoms in total. The van der Waals surface area contributed by atoms with E-state index < -0.39 is 11.7 Å². The molecule has 0 aliphatic heterocycles. The molecule has 7 heteroatoms. The number of aryl methyl sites for hydroxylation is 1. The van der Waals surface area contributed by atoms with E-state index in [1.54, 1.807) is 31.2 Å². The average molecular weight is 313 g/mol. The Morgan fingerprint density at radius 2 is 2.14 bits per heavy atom. The third kappa shape index (κ3) is 3.98. The first-order chi connectivity index (χ1) is 9.97. The molecule has 0 bridgehead atoms. The van der Waals surface area contributed by atoms with Gasteiger partial charge in [0, 0.05) is 10.6 Å². The van der Waals surface area contributed by atoms with Gasteiger partial charge in [0.2, 0.25) is 0 Å². The number of hydrogen-bond acceptors (Lipinski definition) is 4. The van der Waals surface area contributed by atoms with Crippen LogP contribution in [0.15, 0.2) is 39.6 Å². The standard InChI is InChI=1S/C14H13F2NO3S/c1-8-10(13(18)19)6-9(20-8)7-17-11-4-2-3-5-12(11)21-14(15)16/h2-6,14,17H,7H2,1H3,(H,18,19). The van der Waals surface area contributed by atoms with Crippen molar-refractivity contribution in [2.45, 2.75) is 24.1 Å². The van der Waals surface area contributed by atoms with Gasteiger partial charge in [-0.1, -0.05) is 23.9 Å². The summed E-state index contributed by atoms with van der Waals surface area (Å²) >= 11 is 0.453. The zero-order chi connectivity index (χ0) is 15.4. The van der Waals surface area contributed by atoms with Crippen molar-refractivity contribution >= 4 is 23.4 Å². The zero-order valence-corrected chi connectivity index (χ0v) is 11.9. The number of nitrogens with one attached hydrogen (secondary N) is 1. The molecule has 0 aliphatic carbocycles. The predicted molar refractivity (Wildman–Crippen MR) is 76.0 cm³/mol. The van der Waals surface area contributed by atoms with Crippen LogP contribution < -0.4 is 5.32 Å². The largest absolute Gasteiger partial charge is 0.478 e. The lowest BCUT2D eigenvalue weighted by molar-refractivity contribution is 0.0695. The summed E-state index contributed by atoms with van der Waals surface area (Å²) < 4.78 is 30.2. The number of halogens is 2. The van der Waals surface area contributed by atoms with Crippen LogP contribution in [0, 0.1) is 6.92 Å². The summed E-state index contributed by atoms with van der Waals surface area (Å²) in [6.45, 7) is 1.78. The normalized spacial score (nSPS) is 10.9. The first kappa shape index (κ1) is 15.4. The van der Waals surface area contributed by atoms with Gasteiger partial charge in [-0.05, 0) is 25.1 Å². The van der Waals surface area contributed by atoms with Gasteiger partial charge in [-0.2, -0.15) is 8.78 Å². The van der Waals surface area contributed by atoms with Crippen LogP contribution in [0.2, 0.25) is 0 Å². The fourth-order valence-electron chi connectivity index (χ4n) is 1.84. The second kappa shape index (κ2) is 6.62. The number of hydrogen-bond donors (Lipinski definition) is 2. The Balaban J connectivity index is 2.09. The second-order valence-corrected chi connectivity index (χ2v) is 5.25. The second-order valence-electron chi connectivity index (χ2n) is 4.22. The van der Waals surface area contributed by atoms with E-state index in [-0.39, 0.29) is 12.1 Å². The number of para-hydroxylation sites is 1. The molecular weight excluding hydrogens is 300 g/mol. The number of furan rings is 1. The van der Waals surface area contributed by atoms with Crippen LogP contribution in [0.25, 0.3) is 0 Å². The van der Waals surface area contributed by atoms with Crippen molar-refractivity contribution in [1.82, 2.24) is 0 Å². The van der Waals surface area contributed by atoms with Gasteiger partial charge in [-0.15, -0.1) is 0 Å². The number of thioether (sulfide) groups is 1. The molecule has 0 fully saturated rings. The molecule has 0 saturated carbocycles. The fourth-order valence-corrected chi connectivity index (χ4v) is 2.45. The van der Waals surface area contributed by atoms with Crippen LogP contribution in [-0.4, -0.2) is 16.8 Å². The molecule has 21 heavy (non-hydrogen) atoms. The highest BCUT2D eigenvalue weighted by atomic mass is 32.2. The molecule has 2 aromatic rings. The van der Waals surface area contributed by atoms with Gasteiger partial charge in [-0.25, -0.2) is 4.79 Å². The van der Waals surface area contributed by atoms with E-state index in [0.717, 1.165) is 0 Å². The molecule has 0 amide bonds. The highest BCUT2D eigenvalue weighted by Crippen LogP contribution is 2.32. The third-order valence-electron chi connectivity index (χ3n) is 2.76. The first-order valence-corrected chi connectivity index (χ1v) is 6.95. The Kier molecular flexibility index (Phi) is 4.85. The van der Waals surface area contributed by atoms with Gasteiger partial charge in [0.05, 0.1) is 6.54 Å². The molecule has 2 rings (SSSR count). The minimum atomic E-state index is -2.50. The van der Waals surface area contributed by atoms with Crippen LogP contribution in [0.3, 0.4) is 0 Å². The Bertz CT molecular complexity index is 643. The van der Waals surface area contributed by atoms with E-state index in [0.29, 0.717) is 33.9 Å². The lowest BCUT2D eigenvalue weighted by Crippen LogP contribution is -2.00. The Morgan fingerprint density at radius 1 is 1.43 bits per heavy atom. The maximum Gasteiger partial charge on any atom is 0.339 e. The molecule has 0 atom stereocenters. The molecule has 0 aliphatic rings. The summed E-state index contributed by atoms with van der Waals surface area (Å²) in [6.07, 6.45) is 0. The van der Waals surface area contributed by atoms with E-state index in [4.69, 9.17) is 9.52 Å². The van der Waals surface area contributed by atoms with Gasteiger partial charge in [0.1, 0.15) is 17.1 Å².